The van der Waals surface area contributed by atoms with Gasteiger partial charge in [0.05, 0.1) is 11.3 Å². The number of anilines is 1. The Kier molecular flexibility index (Phi) is 8.15. The highest BCUT2D eigenvalue weighted by molar-refractivity contribution is 5.85. The van der Waals surface area contributed by atoms with E-state index in [0.717, 1.165) is 11.1 Å². The number of halogens is 2. The van der Waals surface area contributed by atoms with Gasteiger partial charge >= 0.3 is 0 Å². The molecule has 0 unspecified atom stereocenters. The van der Waals surface area contributed by atoms with E-state index < -0.39 is 0 Å². The average Bonchev–Trinajstić information content (AvgIpc) is 2.86. The molecule has 6 nitrogen and oxygen atoms in total. The normalized spacial score (nSPS) is 12.5. The molecule has 2 aromatic heterocycles. The molecule has 176 valence electrons. The second-order valence-corrected chi connectivity index (χ2v) is 8.06. The summed E-state index contributed by atoms with van der Waals surface area (Å²) in [5.41, 5.74) is 9.52. The van der Waals surface area contributed by atoms with Crippen LogP contribution >= 0.6 is 12.4 Å². The Morgan fingerprint density at radius 2 is 1.65 bits per heavy atom. The molecule has 0 fully saturated rings. The van der Waals surface area contributed by atoms with Crippen molar-refractivity contribution >= 4 is 18.4 Å². The fraction of sp³-hybridized carbons (Fsp3) is 0.192. The minimum Gasteiger partial charge on any atom is -0.355 e. The van der Waals surface area contributed by atoms with Crippen molar-refractivity contribution < 1.29 is 4.39 Å². The van der Waals surface area contributed by atoms with E-state index in [1.807, 2.05) is 30.3 Å². The van der Waals surface area contributed by atoms with Crippen LogP contribution in [0.2, 0.25) is 0 Å². The molecule has 0 radical (unpaired) electrons. The number of nitrogens with zero attached hydrogens (tertiary/aromatic N) is 3. The first-order chi connectivity index (χ1) is 16.0. The van der Waals surface area contributed by atoms with Crippen molar-refractivity contribution in [2.75, 3.05) is 11.9 Å². The molecular formula is C26H27ClFN5O. The fourth-order valence-corrected chi connectivity index (χ4v) is 3.74. The van der Waals surface area contributed by atoms with E-state index in [1.54, 1.807) is 43.7 Å². The monoisotopic (exact) mass is 479 g/mol. The van der Waals surface area contributed by atoms with Gasteiger partial charge in [-0.2, -0.15) is 0 Å². The fourth-order valence-electron chi connectivity index (χ4n) is 3.74. The Balaban J connectivity index is 0.00000324. The van der Waals surface area contributed by atoms with Crippen molar-refractivity contribution in [3.05, 3.63) is 101 Å². The van der Waals surface area contributed by atoms with Crippen LogP contribution in [-0.4, -0.2) is 21.1 Å². The summed E-state index contributed by atoms with van der Waals surface area (Å²) >= 11 is 0. The Labute approximate surface area is 204 Å². The van der Waals surface area contributed by atoms with Crippen LogP contribution < -0.4 is 16.6 Å². The van der Waals surface area contributed by atoms with Crippen molar-refractivity contribution in [2.24, 2.45) is 18.7 Å². The first-order valence-electron chi connectivity index (χ1n) is 10.8. The van der Waals surface area contributed by atoms with Crippen LogP contribution in [0.25, 0.3) is 22.4 Å². The van der Waals surface area contributed by atoms with E-state index in [1.165, 1.54) is 16.7 Å². The first-order valence-corrected chi connectivity index (χ1v) is 10.8. The maximum Gasteiger partial charge on any atom is 0.263 e. The molecule has 0 aliphatic heterocycles. The largest absolute Gasteiger partial charge is 0.355 e. The van der Waals surface area contributed by atoms with Crippen LogP contribution in [0.3, 0.4) is 0 Å². The third kappa shape index (κ3) is 5.32. The molecule has 4 rings (SSSR count). The summed E-state index contributed by atoms with van der Waals surface area (Å²) in [6, 6.07) is 19.2. The summed E-state index contributed by atoms with van der Waals surface area (Å²) in [6.45, 7) is 2.58. The van der Waals surface area contributed by atoms with Gasteiger partial charge in [0.15, 0.2) is 0 Å². The van der Waals surface area contributed by atoms with Gasteiger partial charge in [-0.25, -0.2) is 9.37 Å². The number of rotatable bonds is 7. The topological polar surface area (TPSA) is 85.8 Å². The Morgan fingerprint density at radius 1 is 1.00 bits per heavy atom. The van der Waals surface area contributed by atoms with Crippen LogP contribution in [0.5, 0.6) is 0 Å². The van der Waals surface area contributed by atoms with Crippen LogP contribution in [0.1, 0.15) is 18.5 Å². The lowest BCUT2D eigenvalue weighted by Gasteiger charge is -2.22. The molecular weight excluding hydrogens is 453 g/mol. The first kappa shape index (κ1) is 25.1. The van der Waals surface area contributed by atoms with Crippen molar-refractivity contribution in [3.63, 3.8) is 0 Å². The maximum atomic E-state index is 13.5. The second kappa shape index (κ2) is 11.0. The molecule has 34 heavy (non-hydrogen) atoms. The average molecular weight is 480 g/mol. The van der Waals surface area contributed by atoms with Gasteiger partial charge in [-0.05, 0) is 41.3 Å². The van der Waals surface area contributed by atoms with Gasteiger partial charge in [-0.1, -0.05) is 49.4 Å². The van der Waals surface area contributed by atoms with Crippen molar-refractivity contribution in [1.82, 2.24) is 14.5 Å². The predicted octanol–water partition coefficient (Wildman–Crippen LogP) is 4.82. The van der Waals surface area contributed by atoms with Crippen LogP contribution in [0.15, 0.2) is 83.9 Å². The number of nitrogens with two attached hydrogens (primary N) is 1. The van der Waals surface area contributed by atoms with E-state index in [4.69, 9.17) is 10.7 Å². The van der Waals surface area contributed by atoms with Gasteiger partial charge in [-0.3, -0.25) is 14.3 Å². The van der Waals surface area contributed by atoms with Crippen molar-refractivity contribution in [3.8, 4) is 22.4 Å². The van der Waals surface area contributed by atoms with Gasteiger partial charge in [-0.15, -0.1) is 12.4 Å². The molecule has 0 aliphatic carbocycles. The van der Waals surface area contributed by atoms with E-state index in [0.29, 0.717) is 29.3 Å². The third-order valence-electron chi connectivity index (χ3n) is 5.76. The van der Waals surface area contributed by atoms with Crippen molar-refractivity contribution in [1.29, 1.82) is 0 Å². The molecule has 8 heteroatoms. The standard InChI is InChI=1S/C26H26FN5O.ClH/c1-17(23(28)19-6-4-3-5-7-19)16-30-26-31-24(20-12-14-29-15-13-20)22(25(33)32(26)2)18-8-10-21(27)11-9-18;/h3-15,17,23H,16,28H2,1-2H3,(H,30,31);1H/t17-,23-;/m0./s1. The maximum absolute atomic E-state index is 13.5. The zero-order valence-corrected chi connectivity index (χ0v) is 19.8. The Bertz CT molecular complexity index is 1280. The molecule has 3 N–H and O–H groups in total. The Morgan fingerprint density at radius 3 is 2.29 bits per heavy atom. The highest BCUT2D eigenvalue weighted by atomic mass is 35.5. The number of hydrogen-bond donors (Lipinski definition) is 2. The van der Waals surface area contributed by atoms with Gasteiger partial charge in [0.2, 0.25) is 5.95 Å². The number of nitrogens with one attached hydrogen (secondary N) is 1. The summed E-state index contributed by atoms with van der Waals surface area (Å²) in [5.74, 6) is 0.159. The third-order valence-corrected chi connectivity index (χ3v) is 5.76. The molecule has 2 aromatic carbocycles. The summed E-state index contributed by atoms with van der Waals surface area (Å²) in [5, 5.41) is 3.30. The molecule has 0 saturated heterocycles. The lowest BCUT2D eigenvalue weighted by molar-refractivity contribution is 0.491. The van der Waals surface area contributed by atoms with E-state index in [2.05, 4.69) is 17.2 Å². The molecule has 0 bridgehead atoms. The second-order valence-electron chi connectivity index (χ2n) is 8.06. The quantitative estimate of drug-likeness (QED) is 0.397. The lowest BCUT2D eigenvalue weighted by Crippen LogP contribution is -2.29. The molecule has 0 amide bonds. The SMILES string of the molecule is C[C@@H](CNc1nc(-c2ccncc2)c(-c2ccc(F)cc2)c(=O)n1C)[C@H](N)c1ccccc1.Cl. The van der Waals surface area contributed by atoms with E-state index in [-0.39, 0.29) is 35.7 Å². The Hall–Kier alpha value is -3.55. The molecule has 0 aliphatic rings. The van der Waals surface area contributed by atoms with Crippen LogP contribution in [0, 0.1) is 11.7 Å². The van der Waals surface area contributed by atoms with Gasteiger partial charge in [0.1, 0.15) is 5.82 Å². The van der Waals surface area contributed by atoms with E-state index >= 15 is 0 Å². The molecule has 2 heterocycles. The van der Waals surface area contributed by atoms with Gasteiger partial charge in [0.25, 0.3) is 5.56 Å². The van der Waals surface area contributed by atoms with E-state index in [9.17, 15) is 9.18 Å². The zero-order chi connectivity index (χ0) is 23.4. The number of benzene rings is 2. The van der Waals surface area contributed by atoms with Crippen molar-refractivity contribution in [2.45, 2.75) is 13.0 Å². The predicted molar refractivity (Wildman–Crippen MR) is 136 cm³/mol. The highest BCUT2D eigenvalue weighted by Gasteiger charge is 2.20. The summed E-state index contributed by atoms with van der Waals surface area (Å²) in [4.78, 5) is 22.3. The summed E-state index contributed by atoms with van der Waals surface area (Å²) in [6.07, 6.45) is 3.30. The molecule has 0 spiro atoms. The minimum absolute atomic E-state index is 0. The van der Waals surface area contributed by atoms with Gasteiger partial charge < -0.3 is 11.1 Å². The number of hydrogen-bond acceptors (Lipinski definition) is 5. The molecule has 2 atom stereocenters. The molecule has 4 aromatic rings. The highest BCUT2D eigenvalue weighted by Crippen LogP contribution is 2.29. The van der Waals surface area contributed by atoms with Crippen LogP contribution in [0.4, 0.5) is 10.3 Å². The zero-order valence-electron chi connectivity index (χ0n) is 19.0. The smallest absolute Gasteiger partial charge is 0.263 e. The number of aromatic nitrogens is 3. The number of pyridine rings is 1. The van der Waals surface area contributed by atoms with Gasteiger partial charge in [0, 0.05) is 37.6 Å². The minimum atomic E-state index is -0.365. The lowest BCUT2D eigenvalue weighted by atomic mass is 9.95. The summed E-state index contributed by atoms with van der Waals surface area (Å²) < 4.78 is 15.0. The molecule has 0 saturated carbocycles. The van der Waals surface area contributed by atoms with Crippen LogP contribution in [-0.2, 0) is 7.05 Å². The summed E-state index contributed by atoms with van der Waals surface area (Å²) in [7, 11) is 1.67.